The van der Waals surface area contributed by atoms with E-state index in [2.05, 4.69) is 135 Å². The van der Waals surface area contributed by atoms with Gasteiger partial charge < -0.3 is 0 Å². The third-order valence-electron chi connectivity index (χ3n) is 9.10. The van der Waals surface area contributed by atoms with Gasteiger partial charge in [0.2, 0.25) is 0 Å². The molecule has 0 saturated carbocycles. The second-order valence-corrected chi connectivity index (χ2v) is 15.6. The molecule has 0 saturated heterocycles. The van der Waals surface area contributed by atoms with Crippen molar-refractivity contribution in [2.24, 2.45) is 0 Å². The Kier molecular flexibility index (Phi) is 7.99. The summed E-state index contributed by atoms with van der Waals surface area (Å²) in [5, 5.41) is 9.83. The maximum atomic E-state index is 2.45. The Bertz CT molecular complexity index is 2330. The second-order valence-electron chi connectivity index (χ2n) is 11.7. The minimum Gasteiger partial charge on any atom is -0.144 e. The summed E-state index contributed by atoms with van der Waals surface area (Å²) in [5.74, 6) is 0. The maximum Gasteiger partial charge on any atom is 0.0452 e. The zero-order valence-corrected chi connectivity index (χ0v) is 29.5. The molecule has 46 heavy (non-hydrogen) atoms. The van der Waals surface area contributed by atoms with E-state index < -0.39 is 0 Å². The highest BCUT2D eigenvalue weighted by atomic mass is 32.1. The molecule has 0 spiro atoms. The van der Waals surface area contributed by atoms with Crippen LogP contribution in [0, 0.1) is 0 Å². The van der Waals surface area contributed by atoms with Crippen molar-refractivity contribution in [1.29, 1.82) is 0 Å². The summed E-state index contributed by atoms with van der Waals surface area (Å²) in [6.07, 6.45) is 3.11. The topological polar surface area (TPSA) is 0 Å². The third-order valence-corrected chi connectivity index (χ3v) is 13.6. The Labute approximate surface area is 287 Å². The van der Waals surface area contributed by atoms with Crippen molar-refractivity contribution < 1.29 is 0 Å². The van der Waals surface area contributed by atoms with E-state index in [1.807, 2.05) is 45.3 Å². The lowest BCUT2D eigenvalue weighted by molar-refractivity contribution is 1.16. The highest BCUT2D eigenvalue weighted by Crippen LogP contribution is 2.48. The van der Waals surface area contributed by atoms with Crippen molar-refractivity contribution in [3.05, 3.63) is 131 Å². The molecule has 0 nitrogen and oxygen atoms in total. The molecule has 0 N–H and O–H groups in total. The van der Waals surface area contributed by atoms with Gasteiger partial charge in [-0.1, -0.05) is 93.6 Å². The molecule has 8 aromatic rings. The van der Waals surface area contributed by atoms with Crippen LogP contribution in [-0.4, -0.2) is 0 Å². The zero-order valence-electron chi connectivity index (χ0n) is 26.2. The van der Waals surface area contributed by atoms with Crippen LogP contribution in [0.25, 0.3) is 73.1 Å². The van der Waals surface area contributed by atoms with E-state index in [0.717, 1.165) is 19.3 Å². The molecule has 8 rings (SSSR count). The maximum absolute atomic E-state index is 2.45. The largest absolute Gasteiger partial charge is 0.144 e. The van der Waals surface area contributed by atoms with Crippen LogP contribution < -0.4 is 0 Å². The lowest BCUT2D eigenvalue weighted by Crippen LogP contribution is -1.88. The number of aryl methyl sites for hydroxylation is 3. The van der Waals surface area contributed by atoms with Crippen LogP contribution in [0.3, 0.4) is 0 Å². The third kappa shape index (κ3) is 5.00. The average molecular weight is 667 g/mol. The summed E-state index contributed by atoms with van der Waals surface area (Å²) in [6.45, 7) is 6.81. The number of hydrogen-bond donors (Lipinski definition) is 0. The van der Waals surface area contributed by atoms with Crippen molar-refractivity contribution in [3.8, 4) is 51.5 Å². The Morgan fingerprint density at radius 1 is 0.413 bits per heavy atom. The van der Waals surface area contributed by atoms with Crippen LogP contribution in [0.2, 0.25) is 0 Å². The van der Waals surface area contributed by atoms with Crippen LogP contribution in [0.15, 0.2) is 114 Å². The summed E-state index contributed by atoms with van der Waals surface area (Å²) in [6, 6.07) is 38.9. The van der Waals surface area contributed by atoms with Crippen molar-refractivity contribution in [1.82, 2.24) is 0 Å². The van der Waals surface area contributed by atoms with Gasteiger partial charge in [-0.3, -0.25) is 0 Å². The lowest BCUT2D eigenvalue weighted by atomic mass is 9.94. The Hall–Kier alpha value is -3.80. The summed E-state index contributed by atoms with van der Waals surface area (Å²) < 4.78 is 0. The molecule has 0 radical (unpaired) electrons. The summed E-state index contributed by atoms with van der Waals surface area (Å²) >= 11 is 7.61. The van der Waals surface area contributed by atoms with Crippen molar-refractivity contribution in [2.75, 3.05) is 0 Å². The SMILES string of the molecule is CCc1ccsc1-c1cccc2cccc(-c3ccc(-c4cc(CC)c(-c5cccc6cccc(-c7sccc7CC)c56)s4)s3)c12. The quantitative estimate of drug-likeness (QED) is 0.151. The number of hydrogen-bond acceptors (Lipinski definition) is 4. The van der Waals surface area contributed by atoms with Gasteiger partial charge in [0, 0.05) is 51.5 Å². The first kappa shape index (κ1) is 29.6. The molecule has 226 valence electrons. The van der Waals surface area contributed by atoms with Crippen molar-refractivity contribution >= 4 is 66.9 Å². The van der Waals surface area contributed by atoms with E-state index in [0.29, 0.717) is 0 Å². The fourth-order valence-electron chi connectivity index (χ4n) is 6.81. The van der Waals surface area contributed by atoms with Crippen LogP contribution in [0.5, 0.6) is 0 Å². The number of benzene rings is 4. The Morgan fingerprint density at radius 2 is 0.891 bits per heavy atom. The Morgan fingerprint density at radius 3 is 1.43 bits per heavy atom. The fourth-order valence-corrected chi connectivity index (χ4v) is 11.3. The van der Waals surface area contributed by atoms with Gasteiger partial charge in [0.25, 0.3) is 0 Å². The predicted octanol–water partition coefficient (Wildman–Crippen LogP) is 14.3. The standard InChI is InChI=1S/C42H34S4/c1-4-26-21-23-43-40(26)32-16-8-12-29-11-7-15-31(38(29)32)35-19-20-36(45-35)37-25-28(6-3)42(46-37)34-18-10-14-30-13-9-17-33(39(30)34)41-27(5-2)22-24-44-41/h7-25H,4-6H2,1-3H3. The molecule has 0 aliphatic rings. The first-order valence-corrected chi connectivity index (χ1v) is 19.5. The van der Waals surface area contributed by atoms with E-state index >= 15 is 0 Å². The van der Waals surface area contributed by atoms with E-state index in [9.17, 15) is 0 Å². The summed E-state index contributed by atoms with van der Waals surface area (Å²) in [7, 11) is 0. The highest BCUT2D eigenvalue weighted by molar-refractivity contribution is 7.25. The van der Waals surface area contributed by atoms with Gasteiger partial charge in [0.15, 0.2) is 0 Å². The van der Waals surface area contributed by atoms with Crippen LogP contribution in [0.1, 0.15) is 37.5 Å². The van der Waals surface area contributed by atoms with Gasteiger partial charge in [0.1, 0.15) is 0 Å². The number of thiophene rings is 4. The minimum atomic E-state index is 1.01. The van der Waals surface area contributed by atoms with Gasteiger partial charge in [0.05, 0.1) is 0 Å². The molecule has 0 bridgehead atoms. The van der Waals surface area contributed by atoms with Gasteiger partial charge >= 0.3 is 0 Å². The normalized spacial score (nSPS) is 11.6. The molecule has 4 heterocycles. The van der Waals surface area contributed by atoms with Gasteiger partial charge in [-0.05, 0) is 98.6 Å². The summed E-state index contributed by atoms with van der Waals surface area (Å²) in [4.78, 5) is 8.23. The molecule has 4 aromatic heterocycles. The molecular weight excluding hydrogens is 633 g/mol. The van der Waals surface area contributed by atoms with E-state index in [4.69, 9.17) is 0 Å². The Balaban J connectivity index is 1.25. The van der Waals surface area contributed by atoms with Gasteiger partial charge in [-0.15, -0.1) is 45.3 Å². The monoisotopic (exact) mass is 666 g/mol. The fraction of sp³-hybridized carbons (Fsp3) is 0.143. The molecule has 0 aliphatic carbocycles. The van der Waals surface area contributed by atoms with Crippen molar-refractivity contribution in [3.63, 3.8) is 0 Å². The van der Waals surface area contributed by atoms with Gasteiger partial charge in [-0.25, -0.2) is 0 Å². The molecular formula is C42H34S4. The number of rotatable bonds is 8. The first-order chi connectivity index (χ1) is 22.7. The van der Waals surface area contributed by atoms with E-state index in [1.54, 1.807) is 0 Å². The lowest BCUT2D eigenvalue weighted by Gasteiger charge is -2.12. The van der Waals surface area contributed by atoms with Crippen molar-refractivity contribution in [2.45, 2.75) is 40.0 Å². The molecule has 4 aromatic carbocycles. The predicted molar refractivity (Wildman–Crippen MR) is 208 cm³/mol. The first-order valence-electron chi connectivity index (χ1n) is 16.1. The summed E-state index contributed by atoms with van der Waals surface area (Å²) in [5.41, 5.74) is 9.69. The molecule has 0 amide bonds. The van der Waals surface area contributed by atoms with Crippen LogP contribution in [0.4, 0.5) is 0 Å². The molecule has 0 atom stereocenters. The second kappa shape index (κ2) is 12.4. The zero-order chi connectivity index (χ0) is 31.2. The molecule has 0 aliphatic heterocycles. The van der Waals surface area contributed by atoms with Crippen LogP contribution >= 0.6 is 45.3 Å². The number of fused-ring (bicyclic) bond motifs is 2. The minimum absolute atomic E-state index is 1.01. The van der Waals surface area contributed by atoms with Gasteiger partial charge in [-0.2, -0.15) is 0 Å². The highest BCUT2D eigenvalue weighted by Gasteiger charge is 2.20. The molecule has 4 heteroatoms. The smallest absolute Gasteiger partial charge is 0.0452 e. The van der Waals surface area contributed by atoms with E-state index in [-0.39, 0.29) is 0 Å². The average Bonchev–Trinajstić information content (AvgIpc) is 3.93. The molecule has 0 unspecified atom stereocenters. The van der Waals surface area contributed by atoms with Crippen LogP contribution in [-0.2, 0) is 19.3 Å². The van der Waals surface area contributed by atoms with E-state index in [1.165, 1.54) is 89.8 Å². The molecule has 0 fully saturated rings.